The highest BCUT2D eigenvalue weighted by Crippen LogP contribution is 2.34. The number of carbonyl (C=O) groups excluding carboxylic acids is 1. The fraction of sp³-hybridized carbons (Fsp3) is 0.462. The van der Waals surface area contributed by atoms with Gasteiger partial charge >= 0.3 is 5.97 Å². The zero-order valence-corrected chi connectivity index (χ0v) is 15.4. The van der Waals surface area contributed by atoms with Crippen molar-refractivity contribution < 1.29 is 17.9 Å². The molecule has 1 unspecified atom stereocenters. The molecule has 0 amide bonds. The predicted molar refractivity (Wildman–Crippen MR) is 87.1 cm³/mol. The highest BCUT2D eigenvalue weighted by molar-refractivity contribution is 7.89. The van der Waals surface area contributed by atoms with Crippen molar-refractivity contribution in [2.75, 3.05) is 20.2 Å². The third-order valence-electron chi connectivity index (χ3n) is 2.99. The van der Waals surface area contributed by atoms with Gasteiger partial charge < -0.3 is 4.74 Å². The molecule has 0 saturated heterocycles. The molecule has 1 aromatic carbocycles. The smallest absolute Gasteiger partial charge is 0.309 e. The number of halogens is 3. The molecule has 22 heavy (non-hydrogen) atoms. The van der Waals surface area contributed by atoms with Crippen LogP contribution in [0.2, 0.25) is 15.1 Å². The van der Waals surface area contributed by atoms with Crippen molar-refractivity contribution in [1.82, 2.24) is 4.31 Å². The first-order valence-electron chi connectivity index (χ1n) is 6.37. The number of carbonyl (C=O) groups is 1. The van der Waals surface area contributed by atoms with Crippen LogP contribution in [-0.2, 0) is 19.6 Å². The number of esters is 1. The van der Waals surface area contributed by atoms with Gasteiger partial charge in [-0.25, -0.2) is 8.42 Å². The van der Waals surface area contributed by atoms with E-state index in [0.29, 0.717) is 0 Å². The van der Waals surface area contributed by atoms with Crippen LogP contribution >= 0.6 is 34.8 Å². The Morgan fingerprint density at radius 2 is 1.77 bits per heavy atom. The first kappa shape index (κ1) is 19.5. The highest BCUT2D eigenvalue weighted by atomic mass is 35.5. The summed E-state index contributed by atoms with van der Waals surface area (Å²) >= 11 is 17.8. The molecule has 0 fully saturated rings. The molecule has 124 valence electrons. The number of benzene rings is 1. The zero-order chi connectivity index (χ0) is 17.1. The fourth-order valence-electron chi connectivity index (χ4n) is 1.88. The summed E-state index contributed by atoms with van der Waals surface area (Å²) in [5.41, 5.74) is 0. The van der Waals surface area contributed by atoms with Crippen molar-refractivity contribution in [2.24, 2.45) is 5.92 Å². The molecular formula is C13H16Cl3NO4S. The van der Waals surface area contributed by atoms with E-state index in [4.69, 9.17) is 34.8 Å². The molecule has 0 aliphatic carbocycles. The van der Waals surface area contributed by atoms with E-state index in [1.54, 1.807) is 13.8 Å². The second-order valence-corrected chi connectivity index (χ2v) is 7.70. The number of rotatable bonds is 6. The monoisotopic (exact) mass is 387 g/mol. The molecule has 1 rings (SSSR count). The molecule has 0 aliphatic heterocycles. The normalized spacial score (nSPS) is 13.2. The molecule has 1 atom stereocenters. The van der Waals surface area contributed by atoms with Crippen molar-refractivity contribution in [3.63, 3.8) is 0 Å². The Kier molecular flexibility index (Phi) is 6.95. The third-order valence-corrected chi connectivity index (χ3v) is 6.08. The second-order valence-electron chi connectivity index (χ2n) is 4.58. The summed E-state index contributed by atoms with van der Waals surface area (Å²) in [6.07, 6.45) is 0. The topological polar surface area (TPSA) is 63.7 Å². The number of hydrogen-bond donors (Lipinski definition) is 0. The Morgan fingerprint density at radius 3 is 2.18 bits per heavy atom. The summed E-state index contributed by atoms with van der Waals surface area (Å²) < 4.78 is 31.2. The van der Waals surface area contributed by atoms with Gasteiger partial charge in [-0.05, 0) is 12.1 Å². The predicted octanol–water partition coefficient (Wildman–Crippen LogP) is 3.47. The molecule has 0 N–H and O–H groups in total. The minimum absolute atomic E-state index is 0.0409. The average molecular weight is 389 g/mol. The molecular weight excluding hydrogens is 373 g/mol. The summed E-state index contributed by atoms with van der Waals surface area (Å²) in [7, 11) is -2.72. The van der Waals surface area contributed by atoms with Crippen molar-refractivity contribution in [1.29, 1.82) is 0 Å². The van der Waals surface area contributed by atoms with Crippen LogP contribution in [0.1, 0.15) is 13.8 Å². The zero-order valence-electron chi connectivity index (χ0n) is 12.3. The van der Waals surface area contributed by atoms with Crippen LogP contribution in [0.15, 0.2) is 17.0 Å². The maximum absolute atomic E-state index is 12.7. The van der Waals surface area contributed by atoms with Crippen LogP contribution in [0.3, 0.4) is 0 Å². The van der Waals surface area contributed by atoms with Crippen molar-refractivity contribution in [3.05, 3.63) is 27.2 Å². The first-order valence-corrected chi connectivity index (χ1v) is 8.95. The van der Waals surface area contributed by atoms with Gasteiger partial charge in [0.2, 0.25) is 10.0 Å². The van der Waals surface area contributed by atoms with Crippen molar-refractivity contribution >= 4 is 50.8 Å². The lowest BCUT2D eigenvalue weighted by Crippen LogP contribution is -2.37. The second kappa shape index (κ2) is 7.84. The number of sulfonamides is 1. The van der Waals surface area contributed by atoms with E-state index in [2.05, 4.69) is 4.74 Å². The van der Waals surface area contributed by atoms with Gasteiger partial charge in [0.15, 0.2) is 0 Å². The molecule has 0 aromatic heterocycles. The van der Waals surface area contributed by atoms with Crippen LogP contribution in [-0.4, -0.2) is 38.9 Å². The molecule has 1 aromatic rings. The summed E-state index contributed by atoms with van der Waals surface area (Å²) in [6.45, 7) is 3.34. The van der Waals surface area contributed by atoms with Gasteiger partial charge in [-0.2, -0.15) is 4.31 Å². The number of nitrogens with zero attached hydrogens (tertiary/aromatic N) is 1. The fourth-order valence-corrected chi connectivity index (χ4v) is 4.91. The molecule has 9 heteroatoms. The largest absolute Gasteiger partial charge is 0.469 e. The summed E-state index contributed by atoms with van der Waals surface area (Å²) in [4.78, 5) is 11.3. The molecule has 0 radical (unpaired) electrons. The summed E-state index contributed by atoms with van der Waals surface area (Å²) in [5, 5.41) is 0.100. The summed E-state index contributed by atoms with van der Waals surface area (Å²) in [5.74, 6) is -1.12. The molecule has 0 bridgehead atoms. The van der Waals surface area contributed by atoms with E-state index in [9.17, 15) is 13.2 Å². The van der Waals surface area contributed by atoms with Crippen LogP contribution < -0.4 is 0 Å². The van der Waals surface area contributed by atoms with Gasteiger partial charge in [-0.1, -0.05) is 48.7 Å². The Bertz CT molecular complexity index is 640. The molecule has 0 aliphatic rings. The van der Waals surface area contributed by atoms with Gasteiger partial charge in [-0.3, -0.25) is 4.79 Å². The van der Waals surface area contributed by atoms with Gasteiger partial charge in [0.25, 0.3) is 0 Å². The highest BCUT2D eigenvalue weighted by Gasteiger charge is 2.31. The third kappa shape index (κ3) is 4.26. The number of methoxy groups -OCH3 is 1. The van der Waals surface area contributed by atoms with E-state index in [1.807, 2.05) is 0 Å². The SMILES string of the molecule is CCN(CC(C)C(=O)OC)S(=O)(=O)c1c(Cl)cc(Cl)cc1Cl. The lowest BCUT2D eigenvalue weighted by molar-refractivity contribution is -0.145. The lowest BCUT2D eigenvalue weighted by atomic mass is 10.2. The minimum Gasteiger partial charge on any atom is -0.469 e. The van der Waals surface area contributed by atoms with E-state index >= 15 is 0 Å². The maximum atomic E-state index is 12.7. The van der Waals surface area contributed by atoms with Crippen LogP contribution in [0.4, 0.5) is 0 Å². The maximum Gasteiger partial charge on any atom is 0.309 e. The van der Waals surface area contributed by atoms with Crippen LogP contribution in [0.5, 0.6) is 0 Å². The number of hydrogen-bond acceptors (Lipinski definition) is 4. The van der Waals surface area contributed by atoms with E-state index in [0.717, 1.165) is 4.31 Å². The molecule has 0 heterocycles. The van der Waals surface area contributed by atoms with Gasteiger partial charge in [0.05, 0.1) is 23.1 Å². The quantitative estimate of drug-likeness (QED) is 0.700. The molecule has 0 spiro atoms. The lowest BCUT2D eigenvalue weighted by Gasteiger charge is -2.24. The van der Waals surface area contributed by atoms with Gasteiger partial charge in [0.1, 0.15) is 4.90 Å². The van der Waals surface area contributed by atoms with E-state index < -0.39 is 21.9 Å². The van der Waals surface area contributed by atoms with Gasteiger partial charge in [-0.15, -0.1) is 0 Å². The van der Waals surface area contributed by atoms with Crippen molar-refractivity contribution in [2.45, 2.75) is 18.7 Å². The van der Waals surface area contributed by atoms with E-state index in [-0.39, 0.29) is 33.1 Å². The standard InChI is InChI=1S/C13H16Cl3NO4S/c1-4-17(7-8(2)13(18)21-3)22(19,20)12-10(15)5-9(14)6-11(12)16/h5-6,8H,4,7H2,1-3H3. The Balaban J connectivity index is 3.24. The minimum atomic E-state index is -3.96. The average Bonchev–Trinajstić information content (AvgIpc) is 2.41. The Morgan fingerprint density at radius 1 is 1.27 bits per heavy atom. The van der Waals surface area contributed by atoms with Crippen LogP contribution in [0, 0.1) is 5.92 Å². The first-order chi connectivity index (χ1) is 10.1. The van der Waals surface area contributed by atoms with Crippen molar-refractivity contribution in [3.8, 4) is 0 Å². The molecule has 5 nitrogen and oxygen atoms in total. The number of ether oxygens (including phenoxy) is 1. The van der Waals surface area contributed by atoms with E-state index in [1.165, 1.54) is 19.2 Å². The van der Waals surface area contributed by atoms with Gasteiger partial charge in [0, 0.05) is 18.1 Å². The molecule has 0 saturated carbocycles. The summed E-state index contributed by atoms with van der Waals surface area (Å²) in [6, 6.07) is 2.61. The Labute approximate surface area is 145 Å². The van der Waals surface area contributed by atoms with Crippen LogP contribution in [0.25, 0.3) is 0 Å². The Hall–Kier alpha value is -0.530.